The summed E-state index contributed by atoms with van der Waals surface area (Å²) in [5.41, 5.74) is 0.178. The molecule has 0 saturated heterocycles. The molecule has 0 bridgehead atoms. The topological polar surface area (TPSA) is 102 Å². The highest BCUT2D eigenvalue weighted by Gasteiger charge is 2.24. The fraction of sp³-hybridized carbons (Fsp3) is 0.263. The smallest absolute Gasteiger partial charge is 0.339 e. The first-order valence-corrected chi connectivity index (χ1v) is 10.5. The van der Waals surface area contributed by atoms with Crippen molar-refractivity contribution >= 4 is 43.5 Å². The molecule has 0 aliphatic rings. The molecule has 0 heterocycles. The van der Waals surface area contributed by atoms with Crippen molar-refractivity contribution in [3.05, 3.63) is 58.1 Å². The number of anilines is 1. The maximum Gasteiger partial charge on any atom is 0.339 e. The van der Waals surface area contributed by atoms with Crippen molar-refractivity contribution in [2.45, 2.75) is 31.2 Å². The average Bonchev–Trinajstić information content (AvgIpc) is 2.59. The number of carbonyl (C=O) groups is 2. The van der Waals surface area contributed by atoms with Gasteiger partial charge < -0.3 is 10.1 Å². The molecule has 9 heteroatoms. The largest absolute Gasteiger partial charge is 0.465 e. The maximum atomic E-state index is 12.7. The van der Waals surface area contributed by atoms with Gasteiger partial charge in [-0.1, -0.05) is 15.9 Å². The van der Waals surface area contributed by atoms with Gasteiger partial charge in [-0.2, -0.15) is 0 Å². The first-order chi connectivity index (χ1) is 12.9. The van der Waals surface area contributed by atoms with Gasteiger partial charge in [-0.15, -0.1) is 0 Å². The Morgan fingerprint density at radius 2 is 1.64 bits per heavy atom. The second-order valence-electron chi connectivity index (χ2n) is 7.02. The van der Waals surface area contributed by atoms with E-state index in [1.54, 1.807) is 0 Å². The Labute approximate surface area is 172 Å². The lowest BCUT2D eigenvalue weighted by Crippen LogP contribution is -2.40. The molecule has 150 valence electrons. The van der Waals surface area contributed by atoms with Crippen LogP contribution < -0.4 is 10.0 Å². The summed E-state index contributed by atoms with van der Waals surface area (Å²) in [5, 5.41) is 2.83. The number of hydrogen-bond acceptors (Lipinski definition) is 5. The normalized spacial score (nSPS) is 11.6. The predicted octanol–water partition coefficient (Wildman–Crippen LogP) is 3.56. The zero-order valence-electron chi connectivity index (χ0n) is 15.9. The minimum Gasteiger partial charge on any atom is -0.465 e. The minimum absolute atomic E-state index is 0.0921. The third-order valence-electron chi connectivity index (χ3n) is 3.52. The summed E-state index contributed by atoms with van der Waals surface area (Å²) in [6.07, 6.45) is 0. The van der Waals surface area contributed by atoms with Gasteiger partial charge in [0.1, 0.15) is 4.90 Å². The molecule has 0 fully saturated rings. The van der Waals surface area contributed by atoms with E-state index in [-0.39, 0.29) is 27.6 Å². The molecule has 0 aliphatic carbocycles. The number of esters is 1. The molecular formula is C19H21BrN2O5S. The number of halogens is 1. The van der Waals surface area contributed by atoms with Crippen LogP contribution in [-0.4, -0.2) is 32.9 Å². The molecule has 0 aromatic heterocycles. The number of nitrogens with one attached hydrogen (secondary N) is 2. The lowest BCUT2D eigenvalue weighted by molar-refractivity contribution is 0.0596. The lowest BCUT2D eigenvalue weighted by Gasteiger charge is -2.20. The maximum absolute atomic E-state index is 12.7. The number of rotatable bonds is 5. The monoisotopic (exact) mass is 468 g/mol. The molecule has 7 nitrogen and oxygen atoms in total. The second kappa shape index (κ2) is 8.32. The Kier molecular flexibility index (Phi) is 6.51. The fourth-order valence-electron chi connectivity index (χ4n) is 2.32. The lowest BCUT2D eigenvalue weighted by atomic mass is 10.1. The molecule has 0 saturated carbocycles. The summed E-state index contributed by atoms with van der Waals surface area (Å²) < 4.78 is 33.1. The minimum atomic E-state index is -4.05. The highest BCUT2D eigenvalue weighted by molar-refractivity contribution is 9.10. The number of sulfonamides is 1. The number of methoxy groups -OCH3 is 1. The van der Waals surface area contributed by atoms with Gasteiger partial charge in [0, 0.05) is 21.3 Å². The molecule has 2 aromatic rings. The fourth-order valence-corrected chi connectivity index (χ4v) is 3.91. The summed E-state index contributed by atoms with van der Waals surface area (Å²) in [7, 11) is -2.87. The molecule has 0 spiro atoms. The molecule has 0 unspecified atom stereocenters. The van der Waals surface area contributed by atoms with Gasteiger partial charge in [0.15, 0.2) is 0 Å². The number of amides is 1. The summed E-state index contributed by atoms with van der Waals surface area (Å²) in [5.74, 6) is -1.03. The van der Waals surface area contributed by atoms with Gasteiger partial charge in [0.05, 0.1) is 12.7 Å². The van der Waals surface area contributed by atoms with Crippen LogP contribution in [0.15, 0.2) is 51.8 Å². The SMILES string of the molecule is COC(=O)c1cc(Br)ccc1S(=O)(=O)Nc1ccc(C(=O)NC(C)(C)C)cc1. The van der Waals surface area contributed by atoms with Crippen molar-refractivity contribution in [3.63, 3.8) is 0 Å². The Bertz CT molecular complexity index is 996. The van der Waals surface area contributed by atoms with Crippen molar-refractivity contribution in [1.82, 2.24) is 5.32 Å². The van der Waals surface area contributed by atoms with E-state index in [1.807, 2.05) is 20.8 Å². The van der Waals surface area contributed by atoms with Crippen molar-refractivity contribution in [2.75, 3.05) is 11.8 Å². The molecular weight excluding hydrogens is 448 g/mol. The van der Waals surface area contributed by atoms with Crippen LogP contribution in [-0.2, 0) is 14.8 Å². The van der Waals surface area contributed by atoms with Gasteiger partial charge in [-0.25, -0.2) is 13.2 Å². The van der Waals surface area contributed by atoms with Crippen molar-refractivity contribution in [3.8, 4) is 0 Å². The summed E-state index contributed by atoms with van der Waals surface area (Å²) in [4.78, 5) is 23.9. The van der Waals surface area contributed by atoms with Crippen LogP contribution >= 0.6 is 15.9 Å². The molecule has 2 N–H and O–H groups in total. The number of benzene rings is 2. The molecule has 0 radical (unpaired) electrons. The van der Waals surface area contributed by atoms with Crippen LogP contribution in [0, 0.1) is 0 Å². The molecule has 0 aliphatic heterocycles. The average molecular weight is 469 g/mol. The van der Waals surface area contributed by atoms with Crippen molar-refractivity contribution < 1.29 is 22.7 Å². The first-order valence-electron chi connectivity index (χ1n) is 8.26. The van der Waals surface area contributed by atoms with E-state index >= 15 is 0 Å². The standard InChI is InChI=1S/C19H21BrN2O5S/c1-19(2,3)21-17(23)12-5-8-14(9-6-12)22-28(25,26)16-10-7-13(20)11-15(16)18(24)27-4/h5-11,22H,1-4H3,(H,21,23). The van der Waals surface area contributed by atoms with E-state index in [2.05, 4.69) is 30.7 Å². The van der Waals surface area contributed by atoms with Gasteiger partial charge >= 0.3 is 5.97 Å². The van der Waals surface area contributed by atoms with E-state index < -0.39 is 16.0 Å². The van der Waals surface area contributed by atoms with E-state index in [0.29, 0.717) is 10.0 Å². The Morgan fingerprint density at radius 3 is 2.18 bits per heavy atom. The van der Waals surface area contributed by atoms with Gasteiger partial charge in [0.2, 0.25) is 0 Å². The van der Waals surface area contributed by atoms with Crippen LogP contribution in [0.25, 0.3) is 0 Å². The van der Waals surface area contributed by atoms with Gasteiger partial charge in [-0.3, -0.25) is 9.52 Å². The summed E-state index contributed by atoms with van der Waals surface area (Å²) in [6.45, 7) is 5.60. The van der Waals surface area contributed by atoms with Crippen LogP contribution in [0.4, 0.5) is 5.69 Å². The Hall–Kier alpha value is -2.39. The van der Waals surface area contributed by atoms with Gasteiger partial charge in [-0.05, 0) is 63.2 Å². The van der Waals surface area contributed by atoms with E-state index in [9.17, 15) is 18.0 Å². The number of hydrogen-bond donors (Lipinski definition) is 2. The molecule has 0 atom stereocenters. The van der Waals surface area contributed by atoms with Crippen LogP contribution in [0.1, 0.15) is 41.5 Å². The van der Waals surface area contributed by atoms with Crippen molar-refractivity contribution in [2.24, 2.45) is 0 Å². The zero-order valence-corrected chi connectivity index (χ0v) is 18.3. The highest BCUT2D eigenvalue weighted by Crippen LogP contribution is 2.24. The van der Waals surface area contributed by atoms with Gasteiger partial charge in [0.25, 0.3) is 15.9 Å². The number of ether oxygens (including phenoxy) is 1. The molecule has 2 aromatic carbocycles. The predicted molar refractivity (Wildman–Crippen MR) is 110 cm³/mol. The Morgan fingerprint density at radius 1 is 1.04 bits per heavy atom. The second-order valence-corrected chi connectivity index (χ2v) is 9.59. The third kappa shape index (κ3) is 5.56. The van der Waals surface area contributed by atoms with Crippen molar-refractivity contribution in [1.29, 1.82) is 0 Å². The van der Waals surface area contributed by atoms with E-state index in [4.69, 9.17) is 0 Å². The van der Waals surface area contributed by atoms with E-state index in [1.165, 1.54) is 49.6 Å². The van der Waals surface area contributed by atoms with Crippen LogP contribution in [0.3, 0.4) is 0 Å². The quantitative estimate of drug-likeness (QED) is 0.653. The Balaban J connectivity index is 2.28. The van der Waals surface area contributed by atoms with Crippen LogP contribution in [0.5, 0.6) is 0 Å². The highest BCUT2D eigenvalue weighted by atomic mass is 79.9. The molecule has 1 amide bonds. The first kappa shape index (κ1) is 21.9. The third-order valence-corrected chi connectivity index (χ3v) is 5.46. The molecule has 28 heavy (non-hydrogen) atoms. The zero-order chi connectivity index (χ0) is 21.1. The summed E-state index contributed by atoms with van der Waals surface area (Å²) in [6, 6.07) is 10.2. The summed E-state index contributed by atoms with van der Waals surface area (Å²) >= 11 is 3.21. The number of carbonyl (C=O) groups excluding carboxylic acids is 2. The molecule has 2 rings (SSSR count). The van der Waals surface area contributed by atoms with E-state index in [0.717, 1.165) is 0 Å². The van der Waals surface area contributed by atoms with Crippen LogP contribution in [0.2, 0.25) is 0 Å².